The average Bonchev–Trinajstić information content (AvgIpc) is 3.36. The van der Waals surface area contributed by atoms with E-state index in [1.165, 1.54) is 0 Å². The summed E-state index contributed by atoms with van der Waals surface area (Å²) in [4.78, 5) is 26.9. The summed E-state index contributed by atoms with van der Waals surface area (Å²) >= 11 is 0. The Bertz CT molecular complexity index is 1020. The molecule has 1 aromatic heterocycles. The van der Waals surface area contributed by atoms with Crippen molar-refractivity contribution in [1.82, 2.24) is 20.0 Å². The molecule has 1 aromatic carbocycles. The molecule has 0 spiro atoms. The quantitative estimate of drug-likeness (QED) is 0.701. The molecule has 0 radical (unpaired) electrons. The van der Waals surface area contributed by atoms with Crippen molar-refractivity contribution in [2.24, 2.45) is 7.05 Å². The van der Waals surface area contributed by atoms with Crippen LogP contribution in [0.25, 0.3) is 6.08 Å². The van der Waals surface area contributed by atoms with Crippen molar-refractivity contribution in [3.63, 3.8) is 0 Å². The number of benzene rings is 1. The second-order valence-electron chi connectivity index (χ2n) is 8.37. The fraction of sp³-hybridized carbons (Fsp3) is 0.458. The summed E-state index contributed by atoms with van der Waals surface area (Å²) in [7, 11) is 1.78. The summed E-state index contributed by atoms with van der Waals surface area (Å²) in [6, 6.07) is 4.02. The molecule has 3 heterocycles. The number of amides is 2. The fourth-order valence-corrected chi connectivity index (χ4v) is 4.18. The van der Waals surface area contributed by atoms with Gasteiger partial charge < -0.3 is 19.7 Å². The molecule has 2 amide bonds. The number of ether oxygens (including phenoxy) is 2. The number of aryl methyl sites for hydroxylation is 1. The van der Waals surface area contributed by atoms with E-state index in [1.807, 2.05) is 30.9 Å². The van der Waals surface area contributed by atoms with E-state index in [-0.39, 0.29) is 24.0 Å². The third-order valence-corrected chi connectivity index (χ3v) is 5.84. The predicted octanol–water partition coefficient (Wildman–Crippen LogP) is 2.58. The molecule has 4 rings (SSSR count). The highest BCUT2D eigenvalue weighted by Gasteiger charge is 2.24. The zero-order chi connectivity index (χ0) is 22.7. The Labute approximate surface area is 188 Å². The summed E-state index contributed by atoms with van der Waals surface area (Å²) in [5.74, 6) is 1.46. The summed E-state index contributed by atoms with van der Waals surface area (Å²) in [6.45, 7) is 5.75. The molecule has 1 atom stereocenters. The summed E-state index contributed by atoms with van der Waals surface area (Å²) in [5.41, 5.74) is 2.53. The van der Waals surface area contributed by atoms with E-state index in [0.29, 0.717) is 25.3 Å². The second-order valence-corrected chi connectivity index (χ2v) is 8.37. The van der Waals surface area contributed by atoms with Gasteiger partial charge in [0.1, 0.15) is 17.6 Å². The van der Waals surface area contributed by atoms with Gasteiger partial charge >= 0.3 is 0 Å². The van der Waals surface area contributed by atoms with Crippen LogP contribution in [0.4, 0.5) is 0 Å². The molecule has 1 fully saturated rings. The van der Waals surface area contributed by atoms with Crippen LogP contribution in [0.15, 0.2) is 30.6 Å². The molecule has 0 bridgehead atoms. The molecule has 0 aliphatic carbocycles. The van der Waals surface area contributed by atoms with E-state index in [2.05, 4.69) is 10.4 Å². The molecule has 1 N–H and O–H groups in total. The maximum Gasteiger partial charge on any atom is 0.254 e. The van der Waals surface area contributed by atoms with E-state index in [1.54, 1.807) is 36.3 Å². The zero-order valence-electron chi connectivity index (χ0n) is 18.8. The van der Waals surface area contributed by atoms with Crippen LogP contribution < -0.4 is 14.8 Å². The Hall–Kier alpha value is -3.29. The van der Waals surface area contributed by atoms with Gasteiger partial charge in [-0.3, -0.25) is 14.3 Å². The van der Waals surface area contributed by atoms with Crippen LogP contribution in [-0.4, -0.2) is 58.3 Å². The molecule has 1 saturated heterocycles. The van der Waals surface area contributed by atoms with Gasteiger partial charge in [0.2, 0.25) is 5.91 Å². The number of likely N-dealkylation sites (tertiary alicyclic amines) is 1. The molecule has 2 aliphatic heterocycles. The number of carbonyl (C=O) groups excluding carboxylic acids is 2. The molecular weight excluding hydrogens is 408 g/mol. The monoisotopic (exact) mass is 438 g/mol. The Morgan fingerprint density at radius 2 is 2.09 bits per heavy atom. The lowest BCUT2D eigenvalue weighted by Gasteiger charge is -2.31. The van der Waals surface area contributed by atoms with Crippen molar-refractivity contribution < 1.29 is 19.1 Å². The maximum atomic E-state index is 12.7. The molecule has 32 heavy (non-hydrogen) atoms. The number of carbonyl (C=O) groups is 2. The normalized spacial score (nSPS) is 18.5. The van der Waals surface area contributed by atoms with Gasteiger partial charge in [-0.05, 0) is 44.9 Å². The Morgan fingerprint density at radius 1 is 1.31 bits per heavy atom. The molecule has 2 aliphatic rings. The van der Waals surface area contributed by atoms with Crippen molar-refractivity contribution in [2.75, 3.05) is 19.7 Å². The second kappa shape index (κ2) is 9.46. The van der Waals surface area contributed by atoms with Crippen LogP contribution in [0.3, 0.4) is 0 Å². The Balaban J connectivity index is 1.34. The molecule has 8 heteroatoms. The highest BCUT2D eigenvalue weighted by atomic mass is 16.5. The lowest BCUT2D eigenvalue weighted by atomic mass is 10.0. The lowest BCUT2D eigenvalue weighted by molar-refractivity contribution is -0.126. The molecule has 8 nitrogen and oxygen atoms in total. The van der Waals surface area contributed by atoms with Gasteiger partial charge in [0.15, 0.2) is 0 Å². The van der Waals surface area contributed by atoms with Crippen molar-refractivity contribution in [3.8, 4) is 11.5 Å². The predicted molar refractivity (Wildman–Crippen MR) is 121 cm³/mol. The minimum Gasteiger partial charge on any atom is -0.493 e. The van der Waals surface area contributed by atoms with Crippen molar-refractivity contribution in [3.05, 3.63) is 47.3 Å². The third-order valence-electron chi connectivity index (χ3n) is 5.84. The van der Waals surface area contributed by atoms with Gasteiger partial charge in [-0.2, -0.15) is 5.10 Å². The van der Waals surface area contributed by atoms with Crippen LogP contribution in [-0.2, 0) is 18.3 Å². The smallest absolute Gasteiger partial charge is 0.254 e. The first-order chi connectivity index (χ1) is 15.4. The van der Waals surface area contributed by atoms with E-state index >= 15 is 0 Å². The SMILES string of the molecule is CCOc1cc2c(cc1/C=C/C(=O)N1CCC(NC(=O)c3cnn(C)c3)CC1)OC(C)C2. The number of fused-ring (bicyclic) bond motifs is 1. The van der Waals surface area contributed by atoms with Crippen molar-refractivity contribution in [2.45, 2.75) is 45.3 Å². The van der Waals surface area contributed by atoms with E-state index in [0.717, 1.165) is 41.9 Å². The molecule has 1 unspecified atom stereocenters. The van der Waals surface area contributed by atoms with Crippen molar-refractivity contribution >= 4 is 17.9 Å². The largest absolute Gasteiger partial charge is 0.493 e. The third kappa shape index (κ3) is 4.95. The standard InChI is InChI=1S/C24H30N4O4/c1-4-31-21-13-18-11-16(2)32-22(18)12-17(21)5-6-23(29)28-9-7-20(8-10-28)26-24(30)19-14-25-27(3)15-19/h5-6,12-16,20H,4,7-11H2,1-3H3,(H,26,30)/b6-5+. The lowest BCUT2D eigenvalue weighted by Crippen LogP contribution is -2.46. The van der Waals surface area contributed by atoms with Gasteiger partial charge in [0.25, 0.3) is 5.91 Å². The molecule has 0 saturated carbocycles. The number of nitrogens with one attached hydrogen (secondary N) is 1. The molecule has 2 aromatic rings. The Morgan fingerprint density at radius 3 is 2.78 bits per heavy atom. The fourth-order valence-electron chi connectivity index (χ4n) is 4.18. The Kier molecular flexibility index (Phi) is 6.48. The van der Waals surface area contributed by atoms with Gasteiger partial charge in [-0.15, -0.1) is 0 Å². The number of aromatic nitrogens is 2. The maximum absolute atomic E-state index is 12.7. The average molecular weight is 439 g/mol. The number of piperidine rings is 1. The molecular formula is C24H30N4O4. The van der Waals surface area contributed by atoms with Crippen LogP contribution in [0.1, 0.15) is 48.2 Å². The van der Waals surface area contributed by atoms with Gasteiger partial charge in [0.05, 0.1) is 18.4 Å². The number of rotatable bonds is 6. The number of nitrogens with zero attached hydrogens (tertiary/aromatic N) is 3. The highest BCUT2D eigenvalue weighted by molar-refractivity contribution is 5.94. The zero-order valence-corrected chi connectivity index (χ0v) is 18.8. The first kappa shape index (κ1) is 21.9. The van der Waals surface area contributed by atoms with Crippen molar-refractivity contribution in [1.29, 1.82) is 0 Å². The minimum atomic E-state index is -0.126. The van der Waals surface area contributed by atoms with E-state index in [4.69, 9.17) is 9.47 Å². The van der Waals surface area contributed by atoms with Gasteiger partial charge in [-0.1, -0.05) is 0 Å². The first-order valence-corrected chi connectivity index (χ1v) is 11.2. The van der Waals surface area contributed by atoms with Gasteiger partial charge in [-0.25, -0.2) is 0 Å². The topological polar surface area (TPSA) is 85.7 Å². The molecule has 170 valence electrons. The summed E-state index contributed by atoms with van der Waals surface area (Å²) in [5, 5.41) is 7.07. The van der Waals surface area contributed by atoms with Crippen LogP contribution >= 0.6 is 0 Å². The van der Waals surface area contributed by atoms with Gasteiger partial charge in [0, 0.05) is 56.0 Å². The van der Waals surface area contributed by atoms with E-state index < -0.39 is 0 Å². The van der Waals surface area contributed by atoms with E-state index in [9.17, 15) is 9.59 Å². The van der Waals surface area contributed by atoms with Crippen LogP contribution in [0.5, 0.6) is 11.5 Å². The summed E-state index contributed by atoms with van der Waals surface area (Å²) < 4.78 is 13.2. The highest BCUT2D eigenvalue weighted by Crippen LogP contribution is 2.35. The summed E-state index contributed by atoms with van der Waals surface area (Å²) in [6.07, 6.45) is 9.11. The van der Waals surface area contributed by atoms with Crippen LogP contribution in [0, 0.1) is 0 Å². The van der Waals surface area contributed by atoms with Crippen LogP contribution in [0.2, 0.25) is 0 Å². The first-order valence-electron chi connectivity index (χ1n) is 11.2. The minimum absolute atomic E-state index is 0.0423. The number of hydrogen-bond donors (Lipinski definition) is 1. The number of hydrogen-bond acceptors (Lipinski definition) is 5.